The molecule has 27 heavy (non-hydrogen) atoms. The number of halogens is 4. The number of alkyl halides is 3. The Morgan fingerprint density at radius 1 is 1.44 bits per heavy atom. The van der Waals surface area contributed by atoms with Crippen molar-refractivity contribution in [3.8, 4) is 0 Å². The lowest BCUT2D eigenvalue weighted by atomic mass is 10.3. The summed E-state index contributed by atoms with van der Waals surface area (Å²) < 4.78 is 39.7. The van der Waals surface area contributed by atoms with Crippen molar-refractivity contribution in [3.63, 3.8) is 0 Å². The third-order valence-corrected chi connectivity index (χ3v) is 5.61. The number of hydrogen-bond acceptors (Lipinski definition) is 6. The van der Waals surface area contributed by atoms with Gasteiger partial charge in [0.25, 0.3) is 5.56 Å². The molecule has 0 aromatic carbocycles. The van der Waals surface area contributed by atoms with Crippen LogP contribution in [0.25, 0.3) is 10.2 Å². The molecule has 3 rings (SSSR count). The Kier molecular flexibility index (Phi) is 5.45. The van der Waals surface area contributed by atoms with E-state index in [0.717, 1.165) is 11.8 Å². The smallest absolute Gasteiger partial charge is 0.309 e. The number of pyridine rings is 1. The molecule has 3 aromatic rings. The van der Waals surface area contributed by atoms with Gasteiger partial charge in [-0.1, -0.05) is 23.4 Å². The molecule has 1 N–H and O–H groups in total. The van der Waals surface area contributed by atoms with E-state index in [9.17, 15) is 22.8 Å². The summed E-state index contributed by atoms with van der Waals surface area (Å²) in [7, 11) is 1.54. The van der Waals surface area contributed by atoms with Crippen LogP contribution in [0.3, 0.4) is 0 Å². The third-order valence-electron chi connectivity index (χ3n) is 3.41. The van der Waals surface area contributed by atoms with Crippen LogP contribution < -0.4 is 10.9 Å². The molecule has 6 nitrogen and oxygen atoms in total. The average molecular weight is 435 g/mol. The Bertz CT molecular complexity index is 1080. The van der Waals surface area contributed by atoms with Crippen LogP contribution in [0.15, 0.2) is 33.7 Å². The topological polar surface area (TPSA) is 76.9 Å². The van der Waals surface area contributed by atoms with Gasteiger partial charge in [-0.15, -0.1) is 11.3 Å². The molecular formula is C15H10ClF3N4O2S2. The van der Waals surface area contributed by atoms with Crippen LogP contribution in [-0.4, -0.2) is 26.2 Å². The molecular weight excluding hydrogens is 425 g/mol. The van der Waals surface area contributed by atoms with E-state index in [0.29, 0.717) is 27.6 Å². The Labute approximate surface area is 163 Å². The Morgan fingerprint density at radius 3 is 2.85 bits per heavy atom. The molecule has 0 saturated heterocycles. The van der Waals surface area contributed by atoms with Gasteiger partial charge in [-0.3, -0.25) is 14.2 Å². The summed E-state index contributed by atoms with van der Waals surface area (Å²) in [5.74, 6) is -0.853. The van der Waals surface area contributed by atoms with Crippen molar-refractivity contribution in [1.29, 1.82) is 0 Å². The van der Waals surface area contributed by atoms with Gasteiger partial charge < -0.3 is 5.32 Å². The lowest BCUT2D eigenvalue weighted by Gasteiger charge is -2.10. The quantitative estimate of drug-likeness (QED) is 0.499. The summed E-state index contributed by atoms with van der Waals surface area (Å²) in [5.41, 5.74) is -0.688. The maximum absolute atomic E-state index is 12.6. The van der Waals surface area contributed by atoms with Gasteiger partial charge in [0.15, 0.2) is 11.0 Å². The van der Waals surface area contributed by atoms with E-state index in [1.54, 1.807) is 18.5 Å². The van der Waals surface area contributed by atoms with Crippen molar-refractivity contribution in [3.05, 3.63) is 44.6 Å². The highest BCUT2D eigenvalue weighted by Crippen LogP contribution is 2.32. The fourth-order valence-electron chi connectivity index (χ4n) is 2.08. The normalized spacial score (nSPS) is 11.7. The second-order valence-corrected chi connectivity index (χ2v) is 7.55. The van der Waals surface area contributed by atoms with Crippen LogP contribution in [0, 0.1) is 0 Å². The second-order valence-electron chi connectivity index (χ2n) is 5.28. The zero-order valence-electron chi connectivity index (χ0n) is 13.5. The molecule has 0 aliphatic rings. The third kappa shape index (κ3) is 4.25. The van der Waals surface area contributed by atoms with Crippen LogP contribution in [0.1, 0.15) is 5.56 Å². The highest BCUT2D eigenvalue weighted by Gasteiger charge is 2.31. The number of thioether (sulfide) groups is 1. The maximum Gasteiger partial charge on any atom is 0.417 e. The molecule has 142 valence electrons. The van der Waals surface area contributed by atoms with Crippen molar-refractivity contribution >= 4 is 56.6 Å². The molecule has 0 aliphatic carbocycles. The first kappa shape index (κ1) is 19.6. The van der Waals surface area contributed by atoms with Gasteiger partial charge in [0.1, 0.15) is 4.70 Å². The summed E-state index contributed by atoms with van der Waals surface area (Å²) in [5, 5.41) is 4.11. The Hall–Kier alpha value is -2.11. The predicted octanol–water partition coefficient (Wildman–Crippen LogP) is 3.79. The molecule has 3 aromatic heterocycles. The predicted molar refractivity (Wildman–Crippen MR) is 98.5 cm³/mol. The molecule has 3 heterocycles. The van der Waals surface area contributed by atoms with Gasteiger partial charge in [-0.05, 0) is 17.5 Å². The average Bonchev–Trinajstić information content (AvgIpc) is 3.06. The minimum atomic E-state index is -4.58. The largest absolute Gasteiger partial charge is 0.417 e. The molecule has 0 unspecified atom stereocenters. The summed E-state index contributed by atoms with van der Waals surface area (Å²) in [6.07, 6.45) is -3.99. The number of anilines is 1. The summed E-state index contributed by atoms with van der Waals surface area (Å²) in [6, 6.07) is 2.39. The van der Waals surface area contributed by atoms with E-state index in [1.165, 1.54) is 15.9 Å². The number of rotatable bonds is 4. The first-order valence-corrected chi connectivity index (χ1v) is 9.51. The number of nitrogens with one attached hydrogen (secondary N) is 1. The number of fused-ring (bicyclic) bond motifs is 1. The van der Waals surface area contributed by atoms with Crippen molar-refractivity contribution in [1.82, 2.24) is 14.5 Å². The second kappa shape index (κ2) is 7.49. The van der Waals surface area contributed by atoms with Crippen molar-refractivity contribution in [2.75, 3.05) is 11.1 Å². The lowest BCUT2D eigenvalue weighted by molar-refractivity contribution is -0.137. The van der Waals surface area contributed by atoms with E-state index >= 15 is 0 Å². The number of hydrogen-bond donors (Lipinski definition) is 1. The molecule has 0 spiro atoms. The molecule has 0 atom stereocenters. The fraction of sp³-hybridized carbons (Fsp3) is 0.200. The Morgan fingerprint density at radius 2 is 2.19 bits per heavy atom. The van der Waals surface area contributed by atoms with Gasteiger partial charge in [0.05, 0.1) is 21.9 Å². The maximum atomic E-state index is 12.6. The highest BCUT2D eigenvalue weighted by molar-refractivity contribution is 7.99. The van der Waals surface area contributed by atoms with Gasteiger partial charge in [-0.2, -0.15) is 13.2 Å². The van der Waals surface area contributed by atoms with Crippen LogP contribution >= 0.6 is 34.7 Å². The summed E-state index contributed by atoms with van der Waals surface area (Å²) in [6.45, 7) is 0. The van der Waals surface area contributed by atoms with Crippen LogP contribution in [-0.2, 0) is 18.0 Å². The number of carbonyl (C=O) groups excluding carboxylic acids is 1. The SMILES string of the molecule is Cn1c(SCC(=O)Nc2ncc(C(F)(F)F)cc2Cl)nc2ccsc2c1=O. The van der Waals surface area contributed by atoms with E-state index in [-0.39, 0.29) is 22.2 Å². The van der Waals surface area contributed by atoms with E-state index in [1.807, 2.05) is 0 Å². The number of amides is 1. The van der Waals surface area contributed by atoms with Crippen LogP contribution in [0.4, 0.5) is 19.0 Å². The summed E-state index contributed by atoms with van der Waals surface area (Å²) in [4.78, 5) is 32.1. The van der Waals surface area contributed by atoms with Gasteiger partial charge in [-0.25, -0.2) is 9.97 Å². The number of thiophene rings is 1. The molecule has 0 fully saturated rings. The molecule has 12 heteroatoms. The zero-order chi connectivity index (χ0) is 19.8. The fourth-order valence-corrected chi connectivity index (χ4v) is 3.87. The highest BCUT2D eigenvalue weighted by atomic mass is 35.5. The van der Waals surface area contributed by atoms with Gasteiger partial charge >= 0.3 is 6.18 Å². The first-order chi connectivity index (χ1) is 12.7. The van der Waals surface area contributed by atoms with Crippen molar-refractivity contribution in [2.24, 2.45) is 7.05 Å². The number of carbonyl (C=O) groups is 1. The van der Waals surface area contributed by atoms with Crippen LogP contribution in [0.5, 0.6) is 0 Å². The zero-order valence-corrected chi connectivity index (χ0v) is 15.9. The van der Waals surface area contributed by atoms with Gasteiger partial charge in [0.2, 0.25) is 5.91 Å². The minimum Gasteiger partial charge on any atom is -0.309 e. The molecule has 0 saturated carbocycles. The number of nitrogens with zero attached hydrogens (tertiary/aromatic N) is 3. The van der Waals surface area contributed by atoms with E-state index in [2.05, 4.69) is 15.3 Å². The first-order valence-electron chi connectivity index (χ1n) is 7.26. The molecule has 0 radical (unpaired) electrons. The van der Waals surface area contributed by atoms with Gasteiger partial charge in [0, 0.05) is 13.2 Å². The standard InChI is InChI=1S/C15H10ClF3N4O2S2/c1-23-13(25)11-9(2-3-26-11)21-14(23)27-6-10(24)22-12-8(16)4-7(5-20-12)15(17,18)19/h2-5H,6H2,1H3,(H,20,22,24). The molecule has 0 aliphatic heterocycles. The Balaban J connectivity index is 1.70. The van der Waals surface area contributed by atoms with Crippen molar-refractivity contribution in [2.45, 2.75) is 11.3 Å². The molecule has 0 bridgehead atoms. The van der Waals surface area contributed by atoms with Crippen molar-refractivity contribution < 1.29 is 18.0 Å². The molecule has 1 amide bonds. The van der Waals surface area contributed by atoms with E-state index < -0.39 is 17.6 Å². The minimum absolute atomic E-state index is 0.130. The lowest BCUT2D eigenvalue weighted by Crippen LogP contribution is -2.21. The number of aromatic nitrogens is 3. The summed E-state index contributed by atoms with van der Waals surface area (Å²) >= 11 is 8.05. The van der Waals surface area contributed by atoms with Crippen LogP contribution in [0.2, 0.25) is 5.02 Å². The van der Waals surface area contributed by atoms with E-state index in [4.69, 9.17) is 11.6 Å². The monoisotopic (exact) mass is 434 g/mol.